The molecule has 1 aromatic heterocycles. The number of hydrogen-bond acceptors (Lipinski definition) is 2. The molecule has 1 aliphatic rings. The molecule has 2 aromatic rings. The van der Waals surface area contributed by atoms with Gasteiger partial charge in [-0.15, -0.1) is 11.3 Å². The number of ether oxygens (including phenoxy) is 1. The largest absolute Gasteiger partial charge is 0.492 e. The second kappa shape index (κ2) is 5.04. The summed E-state index contributed by atoms with van der Waals surface area (Å²) in [5.74, 6) is 1.01. The second-order valence-electron chi connectivity index (χ2n) is 5.89. The molecule has 0 amide bonds. The zero-order valence-corrected chi connectivity index (χ0v) is 14.8. The molecule has 20 heavy (non-hydrogen) atoms. The third-order valence-corrected chi connectivity index (χ3v) is 6.84. The SMILES string of the molecule is Cc1csc(C(Br)c2ccc3c(c2)C(C)(C)CO3)c1Cl. The Morgan fingerprint density at radius 3 is 2.80 bits per heavy atom. The van der Waals surface area contributed by atoms with Gasteiger partial charge in [-0.2, -0.15) is 0 Å². The van der Waals surface area contributed by atoms with Crippen LogP contribution in [0.2, 0.25) is 5.02 Å². The lowest BCUT2D eigenvalue weighted by Gasteiger charge is -2.17. The van der Waals surface area contributed by atoms with Crippen LogP contribution in [0.1, 0.15) is 40.2 Å². The van der Waals surface area contributed by atoms with Crippen LogP contribution < -0.4 is 4.74 Å². The molecule has 1 unspecified atom stereocenters. The quantitative estimate of drug-likeness (QED) is 0.600. The molecule has 1 nitrogen and oxygen atoms in total. The number of thiophene rings is 1. The summed E-state index contributed by atoms with van der Waals surface area (Å²) >= 11 is 11.9. The summed E-state index contributed by atoms with van der Waals surface area (Å²) in [4.78, 5) is 1.30. The molecule has 3 rings (SSSR count). The first kappa shape index (κ1) is 14.4. The number of halogens is 2. The monoisotopic (exact) mass is 370 g/mol. The first-order valence-electron chi connectivity index (χ1n) is 6.55. The Bertz CT molecular complexity index is 662. The average molecular weight is 372 g/mol. The lowest BCUT2D eigenvalue weighted by molar-refractivity contribution is 0.291. The molecule has 106 valence electrons. The third kappa shape index (κ3) is 2.30. The summed E-state index contributed by atoms with van der Waals surface area (Å²) in [6.07, 6.45) is 0. The van der Waals surface area contributed by atoms with E-state index in [9.17, 15) is 0 Å². The number of benzene rings is 1. The van der Waals surface area contributed by atoms with Gasteiger partial charge >= 0.3 is 0 Å². The lowest BCUT2D eigenvalue weighted by atomic mass is 9.86. The predicted molar refractivity (Wildman–Crippen MR) is 89.8 cm³/mol. The first-order valence-corrected chi connectivity index (χ1v) is 8.72. The first-order chi connectivity index (χ1) is 9.40. The van der Waals surface area contributed by atoms with Crippen LogP contribution in [0.25, 0.3) is 0 Å². The summed E-state index contributed by atoms with van der Waals surface area (Å²) in [7, 11) is 0. The van der Waals surface area contributed by atoms with Gasteiger partial charge in [0.1, 0.15) is 5.75 Å². The van der Waals surface area contributed by atoms with Crippen molar-refractivity contribution in [2.24, 2.45) is 0 Å². The van der Waals surface area contributed by atoms with Gasteiger partial charge in [-0.05, 0) is 35.6 Å². The zero-order valence-electron chi connectivity index (χ0n) is 11.7. The van der Waals surface area contributed by atoms with Crippen LogP contribution in [0.4, 0.5) is 0 Å². The Labute approximate surface area is 137 Å². The fourth-order valence-electron chi connectivity index (χ4n) is 2.47. The minimum absolute atomic E-state index is 0.0766. The molecule has 1 atom stereocenters. The summed E-state index contributed by atoms with van der Waals surface area (Å²) in [6.45, 7) is 7.22. The molecule has 0 bridgehead atoms. The Morgan fingerprint density at radius 1 is 1.40 bits per heavy atom. The number of aryl methyl sites for hydroxylation is 1. The van der Waals surface area contributed by atoms with Gasteiger partial charge in [0.05, 0.1) is 16.5 Å². The lowest BCUT2D eigenvalue weighted by Crippen LogP contribution is -2.18. The highest BCUT2D eigenvalue weighted by molar-refractivity contribution is 9.09. The second-order valence-corrected chi connectivity index (χ2v) is 8.09. The van der Waals surface area contributed by atoms with Crippen molar-refractivity contribution in [2.45, 2.75) is 31.0 Å². The predicted octanol–water partition coefficient (Wildman–Crippen LogP) is 5.86. The molecule has 0 N–H and O–H groups in total. The van der Waals surface area contributed by atoms with Crippen molar-refractivity contribution < 1.29 is 4.74 Å². The van der Waals surface area contributed by atoms with Gasteiger partial charge in [0.15, 0.2) is 0 Å². The van der Waals surface area contributed by atoms with E-state index in [1.807, 2.05) is 6.92 Å². The molecular weight excluding hydrogens is 356 g/mol. The van der Waals surface area contributed by atoms with Crippen LogP contribution in [0.3, 0.4) is 0 Å². The molecule has 0 aliphatic carbocycles. The van der Waals surface area contributed by atoms with Crippen molar-refractivity contribution in [2.75, 3.05) is 6.61 Å². The molecule has 4 heteroatoms. The molecule has 0 spiro atoms. The maximum atomic E-state index is 6.38. The topological polar surface area (TPSA) is 9.23 Å². The Kier molecular flexibility index (Phi) is 3.64. The number of hydrogen-bond donors (Lipinski definition) is 0. The van der Waals surface area contributed by atoms with Crippen LogP contribution in [0, 0.1) is 6.92 Å². The van der Waals surface area contributed by atoms with E-state index in [2.05, 4.69) is 53.4 Å². The van der Waals surface area contributed by atoms with E-state index in [1.165, 1.54) is 16.0 Å². The highest BCUT2D eigenvalue weighted by Gasteiger charge is 2.32. The zero-order chi connectivity index (χ0) is 14.5. The smallest absolute Gasteiger partial charge is 0.123 e. The standard InChI is InChI=1S/C16H16BrClOS/c1-9-7-20-15(14(9)18)13(17)10-4-5-12-11(6-10)16(2,3)8-19-12/h4-7,13H,8H2,1-3H3. The molecule has 1 aliphatic heterocycles. The van der Waals surface area contributed by atoms with Gasteiger partial charge in [0.25, 0.3) is 0 Å². The number of alkyl halides is 1. The van der Waals surface area contributed by atoms with Gasteiger partial charge in [-0.1, -0.05) is 47.4 Å². The van der Waals surface area contributed by atoms with Crippen LogP contribution in [-0.2, 0) is 5.41 Å². The average Bonchev–Trinajstić information content (AvgIpc) is 2.91. The third-order valence-electron chi connectivity index (χ3n) is 3.77. The molecular formula is C16H16BrClOS. The molecule has 0 saturated carbocycles. The summed E-state index contributed by atoms with van der Waals surface area (Å²) in [5.41, 5.74) is 3.73. The van der Waals surface area contributed by atoms with Crippen LogP contribution in [0.5, 0.6) is 5.75 Å². The normalized spacial score (nSPS) is 17.6. The van der Waals surface area contributed by atoms with E-state index in [1.54, 1.807) is 11.3 Å². The van der Waals surface area contributed by atoms with E-state index in [0.29, 0.717) is 0 Å². The van der Waals surface area contributed by atoms with Gasteiger partial charge < -0.3 is 4.74 Å². The van der Waals surface area contributed by atoms with Crippen LogP contribution in [0.15, 0.2) is 23.6 Å². The van der Waals surface area contributed by atoms with Crippen LogP contribution in [-0.4, -0.2) is 6.61 Å². The molecule has 0 radical (unpaired) electrons. The van der Waals surface area contributed by atoms with E-state index in [4.69, 9.17) is 16.3 Å². The Morgan fingerprint density at radius 2 is 2.15 bits per heavy atom. The maximum Gasteiger partial charge on any atom is 0.123 e. The highest BCUT2D eigenvalue weighted by atomic mass is 79.9. The van der Waals surface area contributed by atoms with Gasteiger partial charge in [-0.3, -0.25) is 0 Å². The number of rotatable bonds is 2. The van der Waals surface area contributed by atoms with Crippen molar-refractivity contribution in [3.05, 3.63) is 50.2 Å². The molecule has 0 fully saturated rings. The minimum Gasteiger partial charge on any atom is -0.492 e. The fourth-order valence-corrected chi connectivity index (χ4v) is 4.74. The Hall–Kier alpha value is -0.510. The van der Waals surface area contributed by atoms with Crippen molar-refractivity contribution >= 4 is 38.9 Å². The molecule has 0 saturated heterocycles. The van der Waals surface area contributed by atoms with Gasteiger partial charge in [0, 0.05) is 15.9 Å². The molecule has 2 heterocycles. The fraction of sp³-hybridized carbons (Fsp3) is 0.375. The number of fused-ring (bicyclic) bond motifs is 1. The maximum absolute atomic E-state index is 6.38. The summed E-state index contributed by atoms with van der Waals surface area (Å²) in [6, 6.07) is 6.43. The summed E-state index contributed by atoms with van der Waals surface area (Å²) in [5, 5.41) is 2.97. The Balaban J connectivity index is 2.02. The van der Waals surface area contributed by atoms with Gasteiger partial charge in [-0.25, -0.2) is 0 Å². The molecule has 1 aromatic carbocycles. The van der Waals surface area contributed by atoms with Crippen molar-refractivity contribution in [1.29, 1.82) is 0 Å². The highest BCUT2D eigenvalue weighted by Crippen LogP contribution is 2.44. The van der Waals surface area contributed by atoms with E-state index in [0.717, 1.165) is 22.9 Å². The van der Waals surface area contributed by atoms with Crippen molar-refractivity contribution in [1.82, 2.24) is 0 Å². The van der Waals surface area contributed by atoms with Crippen LogP contribution >= 0.6 is 38.9 Å². The van der Waals surface area contributed by atoms with E-state index < -0.39 is 0 Å². The summed E-state index contributed by atoms with van der Waals surface area (Å²) < 4.78 is 5.74. The van der Waals surface area contributed by atoms with Crippen molar-refractivity contribution in [3.63, 3.8) is 0 Å². The van der Waals surface area contributed by atoms with Crippen molar-refractivity contribution in [3.8, 4) is 5.75 Å². The van der Waals surface area contributed by atoms with Gasteiger partial charge in [0.2, 0.25) is 0 Å². The van der Waals surface area contributed by atoms with E-state index >= 15 is 0 Å². The van der Waals surface area contributed by atoms with E-state index in [-0.39, 0.29) is 10.2 Å². The minimum atomic E-state index is 0.0766.